The summed E-state index contributed by atoms with van der Waals surface area (Å²) in [5.74, 6) is 0.872. The van der Waals surface area contributed by atoms with E-state index in [4.69, 9.17) is 4.74 Å². The average Bonchev–Trinajstić information content (AvgIpc) is 2.75. The normalized spacial score (nSPS) is 23.7. The van der Waals surface area contributed by atoms with Crippen LogP contribution in [-0.4, -0.2) is 28.4 Å². The van der Waals surface area contributed by atoms with E-state index in [0.29, 0.717) is 12.6 Å². The van der Waals surface area contributed by atoms with Crippen molar-refractivity contribution in [3.8, 4) is 0 Å². The number of aryl methyl sites for hydroxylation is 1. The molecule has 0 bridgehead atoms. The maximum atomic E-state index is 11.7. The summed E-state index contributed by atoms with van der Waals surface area (Å²) in [5.41, 5.74) is 0. The van der Waals surface area contributed by atoms with Gasteiger partial charge in [-0.05, 0) is 26.2 Å². The van der Waals surface area contributed by atoms with Crippen molar-refractivity contribution in [2.24, 2.45) is 13.0 Å². The Hall–Kier alpha value is -1.52. The number of aromatic nitrogens is 2. The van der Waals surface area contributed by atoms with Crippen LogP contribution in [0, 0.1) is 5.92 Å². The minimum atomic E-state index is -0.0509. The molecule has 1 aliphatic carbocycles. The predicted octanol–water partition coefficient (Wildman–Crippen LogP) is 1.95. The first-order valence-electron chi connectivity index (χ1n) is 6.62. The van der Waals surface area contributed by atoms with E-state index in [-0.39, 0.29) is 11.9 Å². The molecule has 18 heavy (non-hydrogen) atoms. The molecule has 0 amide bonds. The Bertz CT molecular complexity index is 403. The second-order valence-corrected chi connectivity index (χ2v) is 4.83. The maximum Gasteiger partial charge on any atom is 0.308 e. The van der Waals surface area contributed by atoms with Gasteiger partial charge in [-0.3, -0.25) is 9.48 Å². The number of carbonyl (C=O) groups excluding carboxylic acids is 1. The van der Waals surface area contributed by atoms with Gasteiger partial charge in [0.05, 0.1) is 12.5 Å². The van der Waals surface area contributed by atoms with Gasteiger partial charge in [-0.2, -0.15) is 5.10 Å². The number of anilines is 1. The van der Waals surface area contributed by atoms with Crippen molar-refractivity contribution < 1.29 is 9.53 Å². The van der Waals surface area contributed by atoms with Crippen molar-refractivity contribution in [3.05, 3.63) is 12.3 Å². The quantitative estimate of drug-likeness (QED) is 0.831. The molecule has 1 N–H and O–H groups in total. The average molecular weight is 251 g/mol. The molecule has 0 aliphatic heterocycles. The molecule has 2 atom stereocenters. The summed E-state index contributed by atoms with van der Waals surface area (Å²) in [6.07, 6.45) is 5.85. The maximum absolute atomic E-state index is 11.7. The van der Waals surface area contributed by atoms with Gasteiger partial charge in [-0.25, -0.2) is 0 Å². The van der Waals surface area contributed by atoms with Crippen LogP contribution in [0.5, 0.6) is 0 Å². The molecule has 1 aliphatic rings. The van der Waals surface area contributed by atoms with Crippen LogP contribution in [-0.2, 0) is 16.6 Å². The molecule has 1 fully saturated rings. The lowest BCUT2D eigenvalue weighted by Gasteiger charge is -2.28. The van der Waals surface area contributed by atoms with Gasteiger partial charge in [0.1, 0.15) is 5.82 Å². The molecule has 1 saturated carbocycles. The minimum absolute atomic E-state index is 0.0416. The molecule has 0 aromatic carbocycles. The first kappa shape index (κ1) is 12.9. The first-order chi connectivity index (χ1) is 8.69. The van der Waals surface area contributed by atoms with Gasteiger partial charge < -0.3 is 10.1 Å². The van der Waals surface area contributed by atoms with E-state index in [1.54, 1.807) is 4.68 Å². The van der Waals surface area contributed by atoms with E-state index >= 15 is 0 Å². The van der Waals surface area contributed by atoms with Crippen LogP contribution in [0.3, 0.4) is 0 Å². The summed E-state index contributed by atoms with van der Waals surface area (Å²) in [6, 6.07) is 2.27. The van der Waals surface area contributed by atoms with E-state index < -0.39 is 0 Å². The summed E-state index contributed by atoms with van der Waals surface area (Å²) >= 11 is 0. The van der Waals surface area contributed by atoms with Gasteiger partial charge in [0, 0.05) is 25.4 Å². The Labute approximate surface area is 108 Å². The molecule has 5 nitrogen and oxygen atoms in total. The highest BCUT2D eigenvalue weighted by Crippen LogP contribution is 2.27. The van der Waals surface area contributed by atoms with Crippen LogP contribution >= 0.6 is 0 Å². The van der Waals surface area contributed by atoms with Gasteiger partial charge in [-0.1, -0.05) is 6.42 Å². The van der Waals surface area contributed by atoms with E-state index in [2.05, 4.69) is 10.4 Å². The van der Waals surface area contributed by atoms with E-state index in [0.717, 1.165) is 31.5 Å². The number of hydrogen-bond acceptors (Lipinski definition) is 4. The standard InChI is InChI=1S/C13H21N3O2/c1-3-18-13(17)10-5-4-6-11(9-10)14-12-7-8-16(2)15-12/h7-8,10-11H,3-6,9H2,1-2H3,(H,14,15). The molecule has 2 rings (SSSR count). The zero-order valence-electron chi connectivity index (χ0n) is 11.1. The van der Waals surface area contributed by atoms with Gasteiger partial charge in [-0.15, -0.1) is 0 Å². The number of nitrogens with one attached hydrogen (secondary N) is 1. The monoisotopic (exact) mass is 251 g/mol. The highest BCUT2D eigenvalue weighted by Gasteiger charge is 2.28. The molecule has 2 unspecified atom stereocenters. The fraction of sp³-hybridized carbons (Fsp3) is 0.692. The molecular weight excluding hydrogens is 230 g/mol. The molecule has 100 valence electrons. The van der Waals surface area contributed by atoms with Gasteiger partial charge in [0.25, 0.3) is 0 Å². The third-order valence-corrected chi connectivity index (χ3v) is 3.36. The highest BCUT2D eigenvalue weighted by atomic mass is 16.5. The zero-order valence-corrected chi connectivity index (χ0v) is 11.1. The Morgan fingerprint density at radius 2 is 2.44 bits per heavy atom. The molecule has 1 aromatic rings. The third kappa shape index (κ3) is 3.24. The Balaban J connectivity index is 1.88. The second-order valence-electron chi connectivity index (χ2n) is 4.83. The van der Waals surface area contributed by atoms with Gasteiger partial charge in [0.2, 0.25) is 0 Å². The third-order valence-electron chi connectivity index (χ3n) is 3.36. The summed E-state index contributed by atoms with van der Waals surface area (Å²) in [6.45, 7) is 2.32. The largest absolute Gasteiger partial charge is 0.466 e. The van der Waals surface area contributed by atoms with E-state index in [1.165, 1.54) is 0 Å². The number of esters is 1. The van der Waals surface area contributed by atoms with Crippen molar-refractivity contribution >= 4 is 11.8 Å². The van der Waals surface area contributed by atoms with Gasteiger partial charge in [0.15, 0.2) is 0 Å². The highest BCUT2D eigenvalue weighted by molar-refractivity contribution is 5.72. The topological polar surface area (TPSA) is 56.1 Å². The molecule has 0 saturated heterocycles. The predicted molar refractivity (Wildman–Crippen MR) is 69.2 cm³/mol. The number of ether oxygens (including phenoxy) is 1. The Kier molecular flexibility index (Phi) is 4.23. The molecule has 1 heterocycles. The van der Waals surface area contributed by atoms with Crippen LogP contribution in [0.25, 0.3) is 0 Å². The van der Waals surface area contributed by atoms with Crippen molar-refractivity contribution in [1.29, 1.82) is 0 Å². The summed E-state index contributed by atoms with van der Waals surface area (Å²) in [4.78, 5) is 11.7. The van der Waals surface area contributed by atoms with E-state index in [1.807, 2.05) is 26.2 Å². The molecule has 5 heteroatoms. The fourth-order valence-corrected chi connectivity index (χ4v) is 2.50. The Morgan fingerprint density at radius 3 is 3.11 bits per heavy atom. The van der Waals surface area contributed by atoms with Crippen LogP contribution in [0.4, 0.5) is 5.82 Å². The number of nitrogens with zero attached hydrogens (tertiary/aromatic N) is 2. The van der Waals surface area contributed by atoms with Crippen molar-refractivity contribution in [1.82, 2.24) is 9.78 Å². The lowest BCUT2D eigenvalue weighted by molar-refractivity contribution is -0.149. The summed E-state index contributed by atoms with van der Waals surface area (Å²) in [7, 11) is 1.90. The van der Waals surface area contributed by atoms with E-state index in [9.17, 15) is 4.79 Å². The SMILES string of the molecule is CCOC(=O)C1CCCC(Nc2ccn(C)n2)C1. The summed E-state index contributed by atoms with van der Waals surface area (Å²) < 4.78 is 6.87. The number of rotatable bonds is 4. The first-order valence-corrected chi connectivity index (χ1v) is 6.62. The van der Waals surface area contributed by atoms with Crippen molar-refractivity contribution in [3.63, 3.8) is 0 Å². The smallest absolute Gasteiger partial charge is 0.308 e. The Morgan fingerprint density at radius 1 is 1.61 bits per heavy atom. The second kappa shape index (κ2) is 5.89. The fourth-order valence-electron chi connectivity index (χ4n) is 2.50. The molecular formula is C13H21N3O2. The minimum Gasteiger partial charge on any atom is -0.466 e. The lowest BCUT2D eigenvalue weighted by atomic mass is 9.86. The van der Waals surface area contributed by atoms with Crippen LogP contribution in [0.15, 0.2) is 12.3 Å². The lowest BCUT2D eigenvalue weighted by Crippen LogP contribution is -2.32. The molecule has 1 aromatic heterocycles. The van der Waals surface area contributed by atoms with Crippen LogP contribution < -0.4 is 5.32 Å². The molecule has 0 spiro atoms. The van der Waals surface area contributed by atoms with Crippen molar-refractivity contribution in [2.75, 3.05) is 11.9 Å². The number of hydrogen-bond donors (Lipinski definition) is 1. The number of carbonyl (C=O) groups is 1. The van der Waals surface area contributed by atoms with Gasteiger partial charge >= 0.3 is 5.97 Å². The van der Waals surface area contributed by atoms with Crippen LogP contribution in [0.2, 0.25) is 0 Å². The molecule has 0 radical (unpaired) electrons. The van der Waals surface area contributed by atoms with Crippen molar-refractivity contribution in [2.45, 2.75) is 38.6 Å². The van der Waals surface area contributed by atoms with Crippen LogP contribution in [0.1, 0.15) is 32.6 Å². The zero-order chi connectivity index (χ0) is 13.0. The summed E-state index contributed by atoms with van der Waals surface area (Å²) in [5, 5.41) is 7.69.